The van der Waals surface area contributed by atoms with Crippen molar-refractivity contribution < 1.29 is 4.74 Å². The molecule has 2 nitrogen and oxygen atoms in total. The van der Waals surface area contributed by atoms with Crippen LogP contribution < -0.4 is 0 Å². The van der Waals surface area contributed by atoms with Gasteiger partial charge in [-0.2, -0.15) is 5.26 Å². The Balaban J connectivity index is 2.05. The third-order valence-electron chi connectivity index (χ3n) is 2.86. The fraction of sp³-hybridized carbons (Fsp3) is 0.889. The minimum absolute atomic E-state index is 0.0735. The van der Waals surface area contributed by atoms with Crippen LogP contribution in [-0.4, -0.2) is 13.2 Å². The van der Waals surface area contributed by atoms with E-state index in [4.69, 9.17) is 10.00 Å². The molecule has 0 spiro atoms. The molecule has 2 aliphatic carbocycles. The molecule has 1 atom stereocenters. The Morgan fingerprint density at radius 3 is 2.45 bits per heavy atom. The van der Waals surface area contributed by atoms with E-state index >= 15 is 0 Å². The molecule has 2 rings (SSSR count). The molecule has 0 aromatic carbocycles. The molecule has 0 bridgehead atoms. The van der Waals surface area contributed by atoms with Gasteiger partial charge in [0.2, 0.25) is 0 Å². The molecule has 0 aromatic heterocycles. The lowest BCUT2D eigenvalue weighted by Crippen LogP contribution is -2.25. The first-order valence-corrected chi connectivity index (χ1v) is 4.26. The Labute approximate surface area is 67.2 Å². The van der Waals surface area contributed by atoms with E-state index in [1.807, 2.05) is 0 Å². The number of hydrogen-bond acceptors (Lipinski definition) is 2. The van der Waals surface area contributed by atoms with Crippen molar-refractivity contribution in [2.75, 3.05) is 7.11 Å². The Kier molecular flexibility index (Phi) is 1.43. The zero-order chi connectivity index (χ0) is 7.90. The summed E-state index contributed by atoms with van der Waals surface area (Å²) >= 11 is 0. The summed E-state index contributed by atoms with van der Waals surface area (Å²) in [4.78, 5) is 0. The normalized spacial score (nSPS) is 29.1. The van der Waals surface area contributed by atoms with Crippen molar-refractivity contribution >= 4 is 0 Å². The van der Waals surface area contributed by atoms with E-state index in [0.717, 1.165) is 12.8 Å². The van der Waals surface area contributed by atoms with Crippen LogP contribution in [0, 0.1) is 22.7 Å². The summed E-state index contributed by atoms with van der Waals surface area (Å²) in [7, 11) is 1.74. The van der Waals surface area contributed by atoms with Crippen LogP contribution in [0.3, 0.4) is 0 Å². The maximum absolute atomic E-state index is 8.90. The molecular formula is C9H13NO. The van der Waals surface area contributed by atoms with Gasteiger partial charge in [0, 0.05) is 7.11 Å². The SMILES string of the molecule is COC(C1CC1)C1(C#N)CC1. The highest BCUT2D eigenvalue weighted by molar-refractivity contribution is 5.16. The topological polar surface area (TPSA) is 33.0 Å². The summed E-state index contributed by atoms with van der Waals surface area (Å²) in [6, 6.07) is 2.40. The third kappa shape index (κ3) is 1.04. The average Bonchev–Trinajstić information content (AvgIpc) is 2.83. The number of nitrogens with zero attached hydrogens (tertiary/aromatic N) is 1. The predicted octanol–water partition coefficient (Wildman–Crippen LogP) is 1.72. The number of methoxy groups -OCH3 is 1. The fourth-order valence-electron chi connectivity index (χ4n) is 1.86. The lowest BCUT2D eigenvalue weighted by atomic mass is 9.97. The van der Waals surface area contributed by atoms with E-state index in [0.29, 0.717) is 5.92 Å². The van der Waals surface area contributed by atoms with E-state index < -0.39 is 0 Å². The van der Waals surface area contributed by atoms with Gasteiger partial charge < -0.3 is 4.74 Å². The molecule has 2 heteroatoms. The van der Waals surface area contributed by atoms with E-state index in [1.165, 1.54) is 12.8 Å². The fourth-order valence-corrected chi connectivity index (χ4v) is 1.86. The van der Waals surface area contributed by atoms with Crippen LogP contribution in [0.4, 0.5) is 0 Å². The predicted molar refractivity (Wildman–Crippen MR) is 40.8 cm³/mol. The molecule has 2 saturated carbocycles. The van der Waals surface area contributed by atoms with Gasteiger partial charge in [-0.1, -0.05) is 0 Å². The van der Waals surface area contributed by atoms with Crippen LogP contribution in [0.5, 0.6) is 0 Å². The first kappa shape index (κ1) is 7.12. The van der Waals surface area contributed by atoms with Crippen LogP contribution in [0.2, 0.25) is 0 Å². The Bertz CT molecular complexity index is 198. The van der Waals surface area contributed by atoms with Crippen molar-refractivity contribution in [1.82, 2.24) is 0 Å². The zero-order valence-electron chi connectivity index (χ0n) is 6.84. The van der Waals surface area contributed by atoms with Crippen LogP contribution >= 0.6 is 0 Å². The maximum atomic E-state index is 8.90. The number of rotatable bonds is 3. The third-order valence-corrected chi connectivity index (χ3v) is 2.86. The zero-order valence-corrected chi connectivity index (χ0v) is 6.84. The molecule has 0 saturated heterocycles. The van der Waals surface area contributed by atoms with E-state index in [-0.39, 0.29) is 11.5 Å². The lowest BCUT2D eigenvalue weighted by molar-refractivity contribution is 0.0438. The number of nitriles is 1. The molecule has 0 amide bonds. The minimum atomic E-state index is -0.0735. The molecule has 60 valence electrons. The highest BCUT2D eigenvalue weighted by Gasteiger charge is 2.55. The molecule has 0 aliphatic heterocycles. The Morgan fingerprint density at radius 2 is 2.18 bits per heavy atom. The molecule has 0 aromatic rings. The molecule has 0 N–H and O–H groups in total. The van der Waals surface area contributed by atoms with Gasteiger partial charge in [0.1, 0.15) is 0 Å². The molecule has 0 radical (unpaired) electrons. The van der Waals surface area contributed by atoms with Gasteiger partial charge in [0.15, 0.2) is 0 Å². The largest absolute Gasteiger partial charge is 0.380 e. The van der Waals surface area contributed by atoms with Gasteiger partial charge in [-0.25, -0.2) is 0 Å². The van der Waals surface area contributed by atoms with E-state index in [2.05, 4.69) is 6.07 Å². The van der Waals surface area contributed by atoms with Gasteiger partial charge in [-0.15, -0.1) is 0 Å². The van der Waals surface area contributed by atoms with Crippen molar-refractivity contribution in [3.8, 4) is 6.07 Å². The second-order valence-corrected chi connectivity index (χ2v) is 3.76. The highest BCUT2D eigenvalue weighted by Crippen LogP contribution is 2.55. The maximum Gasteiger partial charge on any atom is 0.0838 e. The summed E-state index contributed by atoms with van der Waals surface area (Å²) in [5, 5.41) is 8.90. The summed E-state index contributed by atoms with van der Waals surface area (Å²) < 4.78 is 5.37. The first-order valence-electron chi connectivity index (χ1n) is 4.26. The van der Waals surface area contributed by atoms with E-state index in [1.54, 1.807) is 7.11 Å². The monoisotopic (exact) mass is 151 g/mol. The highest BCUT2D eigenvalue weighted by atomic mass is 16.5. The second kappa shape index (κ2) is 2.22. The van der Waals surface area contributed by atoms with Gasteiger partial charge in [-0.3, -0.25) is 0 Å². The van der Waals surface area contributed by atoms with Gasteiger partial charge in [0.25, 0.3) is 0 Å². The molecule has 11 heavy (non-hydrogen) atoms. The number of ether oxygens (including phenoxy) is 1. The standard InChI is InChI=1S/C9H13NO/c1-11-8(7-2-3-7)9(6-10)4-5-9/h7-8H,2-5H2,1H3. The molecular weight excluding hydrogens is 138 g/mol. The lowest BCUT2D eigenvalue weighted by Gasteiger charge is -2.18. The quantitative estimate of drug-likeness (QED) is 0.615. The van der Waals surface area contributed by atoms with Crippen molar-refractivity contribution in [1.29, 1.82) is 5.26 Å². The minimum Gasteiger partial charge on any atom is -0.380 e. The van der Waals surface area contributed by atoms with Gasteiger partial charge >= 0.3 is 0 Å². The summed E-state index contributed by atoms with van der Waals surface area (Å²) in [6.45, 7) is 0. The summed E-state index contributed by atoms with van der Waals surface area (Å²) in [5.74, 6) is 0.696. The van der Waals surface area contributed by atoms with E-state index in [9.17, 15) is 0 Å². The van der Waals surface area contributed by atoms with Crippen molar-refractivity contribution in [3.05, 3.63) is 0 Å². The van der Waals surface area contributed by atoms with Crippen molar-refractivity contribution in [2.45, 2.75) is 31.8 Å². The number of hydrogen-bond donors (Lipinski definition) is 0. The molecule has 0 heterocycles. The van der Waals surface area contributed by atoms with Crippen molar-refractivity contribution in [2.24, 2.45) is 11.3 Å². The molecule has 1 unspecified atom stereocenters. The van der Waals surface area contributed by atoms with Gasteiger partial charge in [-0.05, 0) is 31.6 Å². The van der Waals surface area contributed by atoms with Gasteiger partial charge in [0.05, 0.1) is 17.6 Å². The van der Waals surface area contributed by atoms with Crippen LogP contribution in [0.15, 0.2) is 0 Å². The molecule has 2 aliphatic rings. The smallest absolute Gasteiger partial charge is 0.0838 e. The van der Waals surface area contributed by atoms with Crippen LogP contribution in [0.1, 0.15) is 25.7 Å². The molecule has 2 fully saturated rings. The average molecular weight is 151 g/mol. The second-order valence-electron chi connectivity index (χ2n) is 3.76. The Hall–Kier alpha value is -0.550. The van der Waals surface area contributed by atoms with Crippen LogP contribution in [-0.2, 0) is 4.74 Å². The Morgan fingerprint density at radius 1 is 1.55 bits per heavy atom. The van der Waals surface area contributed by atoms with Crippen molar-refractivity contribution in [3.63, 3.8) is 0 Å². The van der Waals surface area contributed by atoms with Crippen LogP contribution in [0.25, 0.3) is 0 Å². The first-order chi connectivity index (χ1) is 5.32. The summed E-state index contributed by atoms with van der Waals surface area (Å²) in [6.07, 6.45) is 4.88. The summed E-state index contributed by atoms with van der Waals surface area (Å²) in [5.41, 5.74) is -0.0735.